The number of hydrogen-bond donors (Lipinski definition) is 1. The molecule has 0 amide bonds. The Kier molecular flexibility index (Phi) is 7.48. The van der Waals surface area contributed by atoms with E-state index in [0.29, 0.717) is 6.61 Å². The van der Waals surface area contributed by atoms with Gasteiger partial charge in [-0.2, -0.15) is 0 Å². The first kappa shape index (κ1) is 12.7. The molecule has 0 spiro atoms. The van der Waals surface area contributed by atoms with Crippen LogP contribution in [0.1, 0.15) is 19.3 Å². The molecule has 64 valence electrons. The summed E-state index contributed by atoms with van der Waals surface area (Å²) in [6.07, 6.45) is 2.57. The van der Waals surface area contributed by atoms with Gasteiger partial charge in [0.2, 0.25) is 0 Å². The van der Waals surface area contributed by atoms with Crippen molar-refractivity contribution in [3.63, 3.8) is 0 Å². The van der Waals surface area contributed by atoms with E-state index in [2.05, 4.69) is 12.6 Å². The van der Waals surface area contributed by atoms with Crippen LogP contribution in [0.3, 0.4) is 0 Å². The molecule has 0 aromatic carbocycles. The van der Waals surface area contributed by atoms with Crippen LogP contribution in [0.5, 0.6) is 0 Å². The zero-order valence-corrected chi connectivity index (χ0v) is 10.0. The zero-order valence-electron chi connectivity index (χ0n) is 7.16. The summed E-state index contributed by atoms with van der Waals surface area (Å²) in [5.41, 5.74) is 0. The first-order valence-electron chi connectivity index (χ1n) is 3.62. The molecule has 1 atom stereocenters. The van der Waals surface area contributed by atoms with Crippen molar-refractivity contribution in [3.8, 4) is 0 Å². The third kappa shape index (κ3) is 4.62. The molecule has 12 heavy (non-hydrogen) atoms. The van der Waals surface area contributed by atoms with Crippen LogP contribution in [0.4, 0.5) is 0 Å². The van der Waals surface area contributed by atoms with Crippen molar-refractivity contribution in [2.45, 2.75) is 25.6 Å². The van der Waals surface area contributed by atoms with E-state index in [-0.39, 0.29) is 35.8 Å². The molecule has 0 radical (unpaired) electrons. The van der Waals surface area contributed by atoms with Gasteiger partial charge in [-0.3, -0.25) is 0 Å². The Bertz CT molecular complexity index is 146. The largest absolute Gasteiger partial charge is 1.00 e. The standard InChI is InChI=1S/C7H12O3S.Na/c8-6(5-11)10-7-3-1-2-4-9-7;/h5,7-8,11H,1-4H2;/q;+1/p-1. The summed E-state index contributed by atoms with van der Waals surface area (Å²) in [4.78, 5) is 0. The van der Waals surface area contributed by atoms with Crippen molar-refractivity contribution in [2.75, 3.05) is 6.61 Å². The number of thiol groups is 1. The van der Waals surface area contributed by atoms with Gasteiger partial charge in [-0.1, -0.05) is 0 Å². The van der Waals surface area contributed by atoms with Crippen LogP contribution >= 0.6 is 12.6 Å². The Morgan fingerprint density at radius 3 is 2.83 bits per heavy atom. The van der Waals surface area contributed by atoms with Gasteiger partial charge in [-0.05, 0) is 24.7 Å². The van der Waals surface area contributed by atoms with E-state index in [0.717, 1.165) is 24.7 Å². The van der Waals surface area contributed by atoms with Gasteiger partial charge in [0.25, 0.3) is 0 Å². The quantitative estimate of drug-likeness (QED) is 0.306. The minimum atomic E-state index is -0.430. The molecular formula is C7H11NaO3S. The fraction of sp³-hybridized carbons (Fsp3) is 0.714. The smallest absolute Gasteiger partial charge is 0.585 e. The Morgan fingerprint density at radius 1 is 1.58 bits per heavy atom. The molecule has 1 heterocycles. The molecule has 0 aromatic rings. The zero-order chi connectivity index (χ0) is 8.10. The summed E-state index contributed by atoms with van der Waals surface area (Å²) < 4.78 is 10.0. The number of rotatable bonds is 2. The van der Waals surface area contributed by atoms with E-state index in [4.69, 9.17) is 9.47 Å². The molecular weight excluding hydrogens is 187 g/mol. The summed E-state index contributed by atoms with van der Waals surface area (Å²) in [7, 11) is 0. The average Bonchev–Trinajstić information content (AvgIpc) is 2.06. The monoisotopic (exact) mass is 198 g/mol. The predicted octanol–water partition coefficient (Wildman–Crippen LogP) is -2.38. The van der Waals surface area contributed by atoms with Crippen LogP contribution in [0, 0.1) is 0 Å². The maximum Gasteiger partial charge on any atom is 1.00 e. The van der Waals surface area contributed by atoms with E-state index >= 15 is 0 Å². The van der Waals surface area contributed by atoms with Crippen LogP contribution in [-0.2, 0) is 9.47 Å². The molecule has 1 rings (SSSR count). The summed E-state index contributed by atoms with van der Waals surface area (Å²) in [5, 5.41) is 11.7. The van der Waals surface area contributed by atoms with Crippen LogP contribution in [0.25, 0.3) is 0 Å². The SMILES string of the molecule is [Na+].[O-]C(=CS)OC1CCCCO1. The normalized spacial score (nSPS) is 24.4. The second-order valence-corrected chi connectivity index (χ2v) is 2.62. The first-order chi connectivity index (χ1) is 5.33. The Balaban J connectivity index is 0.00000121. The molecule has 0 aliphatic carbocycles. The van der Waals surface area contributed by atoms with Crippen molar-refractivity contribution >= 4 is 12.6 Å². The number of ether oxygens (including phenoxy) is 2. The fourth-order valence-electron chi connectivity index (χ4n) is 0.964. The van der Waals surface area contributed by atoms with Crippen molar-refractivity contribution in [2.24, 2.45) is 0 Å². The van der Waals surface area contributed by atoms with Crippen molar-refractivity contribution < 1.29 is 44.1 Å². The van der Waals surface area contributed by atoms with Gasteiger partial charge < -0.3 is 14.6 Å². The van der Waals surface area contributed by atoms with Gasteiger partial charge in [0.05, 0.1) is 5.95 Å². The molecule has 0 saturated carbocycles. The molecule has 0 N–H and O–H groups in total. The topological polar surface area (TPSA) is 41.5 Å². The molecule has 0 bridgehead atoms. The van der Waals surface area contributed by atoms with Crippen molar-refractivity contribution in [1.82, 2.24) is 0 Å². The van der Waals surface area contributed by atoms with E-state index in [9.17, 15) is 5.11 Å². The third-order valence-electron chi connectivity index (χ3n) is 1.49. The maximum atomic E-state index is 10.6. The van der Waals surface area contributed by atoms with Gasteiger partial charge >= 0.3 is 29.6 Å². The molecule has 1 aliphatic rings. The van der Waals surface area contributed by atoms with Crippen LogP contribution in [0.15, 0.2) is 11.4 Å². The second-order valence-electron chi connectivity index (χ2n) is 2.36. The Hall–Kier alpha value is 0.650. The van der Waals surface area contributed by atoms with Gasteiger partial charge in [0, 0.05) is 6.61 Å². The van der Waals surface area contributed by atoms with Crippen LogP contribution < -0.4 is 34.7 Å². The molecule has 1 aliphatic heterocycles. The molecule has 0 aromatic heterocycles. The van der Waals surface area contributed by atoms with E-state index in [1.54, 1.807) is 0 Å². The van der Waals surface area contributed by atoms with Gasteiger partial charge in [0.15, 0.2) is 0 Å². The van der Waals surface area contributed by atoms with Crippen molar-refractivity contribution in [3.05, 3.63) is 11.4 Å². The molecule has 1 fully saturated rings. The van der Waals surface area contributed by atoms with E-state index in [1.807, 2.05) is 0 Å². The molecule has 1 saturated heterocycles. The first-order valence-corrected chi connectivity index (χ1v) is 4.14. The molecule has 1 unspecified atom stereocenters. The summed E-state index contributed by atoms with van der Waals surface area (Å²) in [5.74, 6) is -0.430. The van der Waals surface area contributed by atoms with Crippen LogP contribution in [0.2, 0.25) is 0 Å². The second kappa shape index (κ2) is 7.09. The third-order valence-corrected chi connectivity index (χ3v) is 1.70. The van der Waals surface area contributed by atoms with E-state index < -0.39 is 5.95 Å². The fourth-order valence-corrected chi connectivity index (χ4v) is 1.02. The predicted molar refractivity (Wildman–Crippen MR) is 41.7 cm³/mol. The van der Waals surface area contributed by atoms with Crippen LogP contribution in [-0.4, -0.2) is 12.9 Å². The van der Waals surface area contributed by atoms with Gasteiger partial charge in [0.1, 0.15) is 6.29 Å². The maximum absolute atomic E-state index is 10.6. The Labute approximate surface area is 99.8 Å². The summed E-state index contributed by atoms with van der Waals surface area (Å²) >= 11 is 3.66. The Morgan fingerprint density at radius 2 is 2.33 bits per heavy atom. The number of hydrogen-bond acceptors (Lipinski definition) is 4. The summed E-state index contributed by atoms with van der Waals surface area (Å²) in [6.45, 7) is 0.685. The van der Waals surface area contributed by atoms with Gasteiger partial charge in [-0.25, -0.2) is 0 Å². The summed E-state index contributed by atoms with van der Waals surface area (Å²) in [6, 6.07) is 0. The minimum Gasteiger partial charge on any atom is -0.585 e. The molecule has 5 heteroatoms. The van der Waals surface area contributed by atoms with E-state index in [1.165, 1.54) is 0 Å². The minimum absolute atomic E-state index is 0. The van der Waals surface area contributed by atoms with Gasteiger partial charge in [-0.15, -0.1) is 12.6 Å². The van der Waals surface area contributed by atoms with Crippen molar-refractivity contribution in [1.29, 1.82) is 0 Å². The molecule has 3 nitrogen and oxygen atoms in total. The average molecular weight is 198 g/mol.